The molecule has 3 fully saturated rings. The minimum absolute atomic E-state index is 0.186. The quantitative estimate of drug-likeness (QED) is 0.812. The molecule has 3 saturated heterocycles. The SMILES string of the molecule is CC1CC(CN)(N2CCN3CCCC3C2)CC(C)O1. The molecule has 0 saturated carbocycles. The molecule has 0 spiro atoms. The maximum Gasteiger partial charge on any atom is 0.0568 e. The van der Waals surface area contributed by atoms with Gasteiger partial charge in [0.05, 0.1) is 12.2 Å². The minimum atomic E-state index is 0.186. The summed E-state index contributed by atoms with van der Waals surface area (Å²) in [6.45, 7) is 10.1. The van der Waals surface area contributed by atoms with Gasteiger partial charge in [-0.1, -0.05) is 0 Å². The van der Waals surface area contributed by atoms with Crippen LogP contribution in [0.1, 0.15) is 39.5 Å². The molecule has 0 radical (unpaired) electrons. The Kier molecular flexibility index (Phi) is 3.87. The number of rotatable bonds is 2. The van der Waals surface area contributed by atoms with E-state index < -0.39 is 0 Å². The van der Waals surface area contributed by atoms with Crippen LogP contribution in [0.3, 0.4) is 0 Å². The summed E-state index contributed by atoms with van der Waals surface area (Å²) in [4.78, 5) is 5.38. The highest BCUT2D eigenvalue weighted by Crippen LogP contribution is 2.36. The molecule has 4 nitrogen and oxygen atoms in total. The second-order valence-electron chi connectivity index (χ2n) is 6.87. The summed E-state index contributed by atoms with van der Waals surface area (Å²) < 4.78 is 5.93. The lowest BCUT2D eigenvalue weighted by Crippen LogP contribution is -2.65. The third-order valence-electron chi connectivity index (χ3n) is 5.44. The summed E-state index contributed by atoms with van der Waals surface area (Å²) in [6.07, 6.45) is 5.63. The Morgan fingerprint density at radius 2 is 1.89 bits per heavy atom. The van der Waals surface area contributed by atoms with Gasteiger partial charge in [-0.15, -0.1) is 0 Å². The van der Waals surface area contributed by atoms with E-state index in [1.807, 2.05) is 0 Å². The van der Waals surface area contributed by atoms with E-state index >= 15 is 0 Å². The summed E-state index contributed by atoms with van der Waals surface area (Å²) >= 11 is 0. The van der Waals surface area contributed by atoms with Crippen LogP contribution < -0.4 is 5.73 Å². The van der Waals surface area contributed by atoms with Crippen molar-refractivity contribution in [3.63, 3.8) is 0 Å². The first kappa shape index (κ1) is 13.8. The number of nitrogens with zero attached hydrogens (tertiary/aromatic N) is 2. The fourth-order valence-corrected chi connectivity index (χ4v) is 4.62. The molecule has 0 aromatic carbocycles. The average molecular weight is 267 g/mol. The number of fused-ring (bicyclic) bond motifs is 1. The Hall–Kier alpha value is -0.160. The van der Waals surface area contributed by atoms with Crippen LogP contribution in [0.4, 0.5) is 0 Å². The molecule has 0 aromatic heterocycles. The van der Waals surface area contributed by atoms with Crippen molar-refractivity contribution in [2.24, 2.45) is 5.73 Å². The van der Waals surface area contributed by atoms with Gasteiger partial charge < -0.3 is 10.5 Å². The van der Waals surface area contributed by atoms with Crippen LogP contribution in [-0.2, 0) is 4.74 Å². The first-order valence-corrected chi connectivity index (χ1v) is 7.97. The van der Waals surface area contributed by atoms with Crippen LogP contribution in [-0.4, -0.2) is 66.3 Å². The number of hydrogen-bond acceptors (Lipinski definition) is 4. The van der Waals surface area contributed by atoms with E-state index in [0.717, 1.165) is 25.4 Å². The molecule has 3 heterocycles. The summed E-state index contributed by atoms with van der Waals surface area (Å²) in [5.74, 6) is 0. The van der Waals surface area contributed by atoms with Crippen molar-refractivity contribution in [1.82, 2.24) is 9.80 Å². The Bertz CT molecular complexity index is 313. The lowest BCUT2D eigenvalue weighted by molar-refractivity contribution is -0.114. The largest absolute Gasteiger partial charge is 0.375 e. The Morgan fingerprint density at radius 3 is 2.58 bits per heavy atom. The van der Waals surface area contributed by atoms with E-state index in [1.54, 1.807) is 0 Å². The number of piperazine rings is 1. The van der Waals surface area contributed by atoms with E-state index in [0.29, 0.717) is 12.2 Å². The molecule has 3 atom stereocenters. The molecule has 2 N–H and O–H groups in total. The molecule has 3 aliphatic rings. The molecule has 3 unspecified atom stereocenters. The zero-order valence-electron chi connectivity index (χ0n) is 12.5. The molecular formula is C15H29N3O. The summed E-state index contributed by atoms with van der Waals surface area (Å²) in [6, 6.07) is 0.783. The zero-order chi connectivity index (χ0) is 13.5. The van der Waals surface area contributed by atoms with E-state index in [4.69, 9.17) is 10.5 Å². The van der Waals surface area contributed by atoms with Gasteiger partial charge in [-0.2, -0.15) is 0 Å². The maximum absolute atomic E-state index is 6.22. The standard InChI is InChI=1S/C15H29N3O/c1-12-8-15(11-16,9-13(2)19-12)18-7-6-17-5-3-4-14(17)10-18/h12-14H,3-11,16H2,1-2H3. The molecule has 0 aromatic rings. The van der Waals surface area contributed by atoms with E-state index in [1.165, 1.54) is 39.0 Å². The Balaban J connectivity index is 1.74. The van der Waals surface area contributed by atoms with Crippen LogP contribution in [0.5, 0.6) is 0 Å². The Morgan fingerprint density at radius 1 is 1.16 bits per heavy atom. The van der Waals surface area contributed by atoms with Crippen molar-refractivity contribution in [3.05, 3.63) is 0 Å². The van der Waals surface area contributed by atoms with Crippen LogP contribution in [0, 0.1) is 0 Å². The van der Waals surface area contributed by atoms with Gasteiger partial charge in [0.25, 0.3) is 0 Å². The fraction of sp³-hybridized carbons (Fsp3) is 1.00. The number of hydrogen-bond donors (Lipinski definition) is 1. The van der Waals surface area contributed by atoms with Gasteiger partial charge >= 0.3 is 0 Å². The first-order valence-electron chi connectivity index (χ1n) is 7.97. The molecule has 0 amide bonds. The van der Waals surface area contributed by atoms with Crippen LogP contribution in [0.15, 0.2) is 0 Å². The van der Waals surface area contributed by atoms with Crippen LogP contribution in [0.25, 0.3) is 0 Å². The van der Waals surface area contributed by atoms with Gasteiger partial charge in [0.1, 0.15) is 0 Å². The third kappa shape index (κ3) is 2.56. The second kappa shape index (κ2) is 5.32. The van der Waals surface area contributed by atoms with Crippen molar-refractivity contribution in [1.29, 1.82) is 0 Å². The fourth-order valence-electron chi connectivity index (χ4n) is 4.62. The topological polar surface area (TPSA) is 41.7 Å². The van der Waals surface area contributed by atoms with Gasteiger partial charge in [0, 0.05) is 37.8 Å². The Labute approximate surface area is 117 Å². The summed E-state index contributed by atoms with van der Waals surface area (Å²) in [5, 5.41) is 0. The number of ether oxygens (including phenoxy) is 1. The lowest BCUT2D eigenvalue weighted by Gasteiger charge is -2.53. The van der Waals surface area contributed by atoms with Crippen LogP contribution in [0.2, 0.25) is 0 Å². The highest BCUT2D eigenvalue weighted by Gasteiger charge is 2.45. The van der Waals surface area contributed by atoms with E-state index in [-0.39, 0.29) is 5.54 Å². The normalized spacial score (nSPS) is 45.3. The summed E-state index contributed by atoms with van der Waals surface area (Å²) in [7, 11) is 0. The predicted molar refractivity (Wildman–Crippen MR) is 77.2 cm³/mol. The smallest absolute Gasteiger partial charge is 0.0568 e. The maximum atomic E-state index is 6.22. The molecule has 3 aliphatic heterocycles. The average Bonchev–Trinajstić information content (AvgIpc) is 2.84. The van der Waals surface area contributed by atoms with Gasteiger partial charge in [0.2, 0.25) is 0 Å². The molecule has 19 heavy (non-hydrogen) atoms. The molecule has 3 rings (SSSR count). The van der Waals surface area contributed by atoms with Gasteiger partial charge in [-0.3, -0.25) is 9.80 Å². The zero-order valence-corrected chi connectivity index (χ0v) is 12.5. The lowest BCUT2D eigenvalue weighted by atomic mass is 9.81. The van der Waals surface area contributed by atoms with Crippen molar-refractivity contribution in [2.45, 2.75) is 63.3 Å². The molecule has 4 heteroatoms. The van der Waals surface area contributed by atoms with Gasteiger partial charge in [-0.05, 0) is 46.1 Å². The predicted octanol–water partition coefficient (Wildman–Crippen LogP) is 1.05. The van der Waals surface area contributed by atoms with E-state index in [2.05, 4.69) is 23.6 Å². The van der Waals surface area contributed by atoms with Crippen molar-refractivity contribution in [3.8, 4) is 0 Å². The first-order chi connectivity index (χ1) is 9.13. The van der Waals surface area contributed by atoms with Crippen molar-refractivity contribution in [2.75, 3.05) is 32.7 Å². The van der Waals surface area contributed by atoms with Crippen molar-refractivity contribution < 1.29 is 4.74 Å². The monoisotopic (exact) mass is 267 g/mol. The number of nitrogens with two attached hydrogens (primary N) is 1. The minimum Gasteiger partial charge on any atom is -0.375 e. The molecule has 0 bridgehead atoms. The highest BCUT2D eigenvalue weighted by molar-refractivity contribution is 5.01. The molecule has 0 aliphatic carbocycles. The third-order valence-corrected chi connectivity index (χ3v) is 5.44. The van der Waals surface area contributed by atoms with Gasteiger partial charge in [0.15, 0.2) is 0 Å². The molecular weight excluding hydrogens is 238 g/mol. The second-order valence-corrected chi connectivity index (χ2v) is 6.87. The van der Waals surface area contributed by atoms with Gasteiger partial charge in [-0.25, -0.2) is 0 Å². The van der Waals surface area contributed by atoms with Crippen LogP contribution >= 0.6 is 0 Å². The summed E-state index contributed by atoms with van der Waals surface area (Å²) in [5.41, 5.74) is 6.41. The van der Waals surface area contributed by atoms with Crippen molar-refractivity contribution >= 4 is 0 Å². The molecule has 110 valence electrons. The van der Waals surface area contributed by atoms with E-state index in [9.17, 15) is 0 Å². The highest BCUT2D eigenvalue weighted by atomic mass is 16.5.